The number of halogens is 4. The molecular weight excluding hydrogens is 462 g/mol. The van der Waals surface area contributed by atoms with Crippen LogP contribution in [0.3, 0.4) is 0 Å². The number of aliphatic hydroxyl groups is 1. The van der Waals surface area contributed by atoms with Gasteiger partial charge in [0.25, 0.3) is 0 Å². The van der Waals surface area contributed by atoms with Gasteiger partial charge in [-0.2, -0.15) is 0 Å². The average molecular weight is 487 g/mol. The van der Waals surface area contributed by atoms with Gasteiger partial charge in [-0.05, 0) is 37.5 Å². The molecule has 0 heterocycles. The van der Waals surface area contributed by atoms with Crippen LogP contribution in [0.1, 0.15) is 44.3 Å². The first kappa shape index (κ1) is 22.8. The van der Waals surface area contributed by atoms with Crippen molar-refractivity contribution in [3.05, 3.63) is 29.8 Å². The lowest BCUT2D eigenvalue weighted by atomic mass is 10.1. The van der Waals surface area contributed by atoms with Crippen molar-refractivity contribution in [2.24, 2.45) is 4.99 Å². The Morgan fingerprint density at radius 1 is 1.27 bits per heavy atom. The molecule has 26 heavy (non-hydrogen) atoms. The largest absolute Gasteiger partial charge is 0.573 e. The lowest BCUT2D eigenvalue weighted by Gasteiger charge is -2.17. The average Bonchev–Trinajstić information content (AvgIpc) is 3.05. The number of hydrogen-bond donors (Lipinski definition) is 3. The summed E-state index contributed by atoms with van der Waals surface area (Å²) in [5, 5.41) is 16.7. The maximum atomic E-state index is 12.1. The van der Waals surface area contributed by atoms with E-state index in [0.29, 0.717) is 24.1 Å². The quantitative estimate of drug-likeness (QED) is 0.325. The fourth-order valence-corrected chi connectivity index (χ4v) is 2.76. The van der Waals surface area contributed by atoms with Crippen molar-refractivity contribution in [2.75, 3.05) is 13.1 Å². The van der Waals surface area contributed by atoms with Crippen LogP contribution in [0.15, 0.2) is 29.3 Å². The fraction of sp³-hybridized carbons (Fsp3) is 0.588. The molecule has 5 nitrogen and oxygen atoms in total. The molecule has 148 valence electrons. The van der Waals surface area contributed by atoms with Gasteiger partial charge in [0.2, 0.25) is 0 Å². The highest BCUT2D eigenvalue weighted by molar-refractivity contribution is 14.0. The van der Waals surface area contributed by atoms with Crippen molar-refractivity contribution in [1.82, 2.24) is 10.6 Å². The normalized spacial score (nSPS) is 16.7. The molecule has 0 radical (unpaired) electrons. The van der Waals surface area contributed by atoms with Gasteiger partial charge in [0.05, 0.1) is 12.6 Å². The Hall–Kier alpha value is -1.23. The maximum absolute atomic E-state index is 12.1. The second-order valence-corrected chi connectivity index (χ2v) is 5.98. The summed E-state index contributed by atoms with van der Waals surface area (Å²) in [6.45, 7) is 2.78. The van der Waals surface area contributed by atoms with Crippen LogP contribution in [0, 0.1) is 0 Å². The van der Waals surface area contributed by atoms with Crippen molar-refractivity contribution in [1.29, 1.82) is 0 Å². The van der Waals surface area contributed by atoms with Gasteiger partial charge in [-0.15, -0.1) is 37.1 Å². The number of aliphatic imine (C=N–C) groups is 1. The van der Waals surface area contributed by atoms with E-state index in [1.54, 1.807) is 0 Å². The van der Waals surface area contributed by atoms with Crippen LogP contribution in [-0.4, -0.2) is 36.6 Å². The number of ether oxygens (including phenoxy) is 1. The van der Waals surface area contributed by atoms with Crippen molar-refractivity contribution in [2.45, 2.75) is 51.1 Å². The highest BCUT2D eigenvalue weighted by Gasteiger charge is 2.31. The highest BCUT2D eigenvalue weighted by Crippen LogP contribution is 2.24. The van der Waals surface area contributed by atoms with Crippen LogP contribution in [0.5, 0.6) is 5.75 Å². The van der Waals surface area contributed by atoms with E-state index in [-0.39, 0.29) is 36.3 Å². The third kappa shape index (κ3) is 7.98. The summed E-state index contributed by atoms with van der Waals surface area (Å²) in [5.41, 5.74) is 0.481. The molecule has 1 fully saturated rings. The molecule has 0 aliphatic heterocycles. The molecule has 0 bridgehead atoms. The number of benzene rings is 1. The minimum atomic E-state index is -4.73. The zero-order chi connectivity index (χ0) is 18.3. The fourth-order valence-electron chi connectivity index (χ4n) is 2.76. The molecule has 0 amide bonds. The van der Waals surface area contributed by atoms with Gasteiger partial charge >= 0.3 is 6.36 Å². The molecule has 0 spiro atoms. The smallest absolute Gasteiger partial charge is 0.406 e. The summed E-state index contributed by atoms with van der Waals surface area (Å²) in [6.07, 6.45) is -1.02. The van der Waals surface area contributed by atoms with E-state index in [0.717, 1.165) is 12.8 Å². The predicted molar refractivity (Wildman–Crippen MR) is 105 cm³/mol. The van der Waals surface area contributed by atoms with E-state index in [1.807, 2.05) is 6.92 Å². The van der Waals surface area contributed by atoms with E-state index in [9.17, 15) is 18.3 Å². The molecule has 1 aliphatic rings. The van der Waals surface area contributed by atoms with Crippen LogP contribution in [0.25, 0.3) is 0 Å². The Labute approximate surface area is 168 Å². The van der Waals surface area contributed by atoms with Crippen molar-refractivity contribution in [3.8, 4) is 5.75 Å². The number of rotatable bonds is 6. The molecule has 0 aromatic heterocycles. The summed E-state index contributed by atoms with van der Waals surface area (Å²) in [5.74, 6) is 0.327. The minimum Gasteiger partial charge on any atom is -0.406 e. The number of nitrogens with one attached hydrogen (secondary N) is 2. The second-order valence-electron chi connectivity index (χ2n) is 5.98. The van der Waals surface area contributed by atoms with E-state index < -0.39 is 12.5 Å². The first-order valence-corrected chi connectivity index (χ1v) is 8.46. The molecule has 9 heteroatoms. The van der Waals surface area contributed by atoms with Gasteiger partial charge in [-0.3, -0.25) is 4.99 Å². The lowest BCUT2D eigenvalue weighted by molar-refractivity contribution is -0.274. The van der Waals surface area contributed by atoms with Crippen molar-refractivity contribution >= 4 is 29.9 Å². The van der Waals surface area contributed by atoms with Crippen molar-refractivity contribution in [3.63, 3.8) is 0 Å². The second kappa shape index (κ2) is 10.8. The number of hydrogen-bond acceptors (Lipinski definition) is 3. The Morgan fingerprint density at radius 2 is 1.88 bits per heavy atom. The summed E-state index contributed by atoms with van der Waals surface area (Å²) in [4.78, 5) is 4.37. The summed E-state index contributed by atoms with van der Waals surface area (Å²) in [7, 11) is 0. The van der Waals surface area contributed by atoms with E-state index in [4.69, 9.17) is 0 Å². The van der Waals surface area contributed by atoms with Gasteiger partial charge in [0.1, 0.15) is 5.75 Å². The lowest BCUT2D eigenvalue weighted by Crippen LogP contribution is -2.42. The number of alkyl halides is 3. The number of aliphatic hydroxyl groups excluding tert-OH is 1. The first-order chi connectivity index (χ1) is 11.9. The molecule has 1 aliphatic carbocycles. The summed E-state index contributed by atoms with van der Waals surface area (Å²) < 4.78 is 40.3. The minimum absolute atomic E-state index is 0. The van der Waals surface area contributed by atoms with E-state index in [1.165, 1.54) is 37.1 Å². The Balaban J connectivity index is 0.00000338. The van der Waals surface area contributed by atoms with Gasteiger partial charge in [-0.25, -0.2) is 0 Å². The van der Waals surface area contributed by atoms with Crippen LogP contribution in [-0.2, 0) is 0 Å². The first-order valence-electron chi connectivity index (χ1n) is 8.46. The van der Waals surface area contributed by atoms with E-state index >= 15 is 0 Å². The Morgan fingerprint density at radius 3 is 2.42 bits per heavy atom. The van der Waals surface area contributed by atoms with Crippen LogP contribution in [0.2, 0.25) is 0 Å². The monoisotopic (exact) mass is 487 g/mol. The van der Waals surface area contributed by atoms with E-state index in [2.05, 4.69) is 20.4 Å². The third-order valence-electron chi connectivity index (χ3n) is 3.96. The molecule has 1 aromatic rings. The van der Waals surface area contributed by atoms with Crippen LogP contribution < -0.4 is 15.4 Å². The zero-order valence-electron chi connectivity index (χ0n) is 14.6. The Bertz CT molecular complexity index is 561. The SMILES string of the molecule is CCNC(=NCC(O)c1ccc(OC(F)(F)F)cc1)NC1CCCC1.I. The standard InChI is InChI=1S/C17H24F3N3O2.HI/c1-2-21-16(23-13-5-3-4-6-13)22-11-15(24)12-7-9-14(10-8-12)25-17(18,19)20;/h7-10,13,15,24H,2-6,11H2,1H3,(H2,21,22,23);1H. The molecule has 0 saturated heterocycles. The van der Waals surface area contributed by atoms with Crippen LogP contribution in [0.4, 0.5) is 13.2 Å². The van der Waals surface area contributed by atoms with Gasteiger partial charge < -0.3 is 20.5 Å². The molecule has 1 atom stereocenters. The topological polar surface area (TPSA) is 65.9 Å². The highest BCUT2D eigenvalue weighted by atomic mass is 127. The molecular formula is C17H25F3IN3O2. The maximum Gasteiger partial charge on any atom is 0.573 e. The number of nitrogens with zero attached hydrogens (tertiary/aromatic N) is 1. The molecule has 1 saturated carbocycles. The van der Waals surface area contributed by atoms with Crippen molar-refractivity contribution < 1.29 is 23.0 Å². The Kier molecular flexibility index (Phi) is 9.48. The molecule has 1 aromatic carbocycles. The molecule has 3 N–H and O–H groups in total. The third-order valence-corrected chi connectivity index (χ3v) is 3.96. The summed E-state index contributed by atoms with van der Waals surface area (Å²) in [6, 6.07) is 5.56. The predicted octanol–water partition coefficient (Wildman–Crippen LogP) is 3.73. The van der Waals surface area contributed by atoms with Gasteiger partial charge in [-0.1, -0.05) is 25.0 Å². The molecule has 1 unspecified atom stereocenters. The number of guanidine groups is 1. The zero-order valence-corrected chi connectivity index (χ0v) is 16.9. The van der Waals surface area contributed by atoms with Gasteiger partial charge in [0.15, 0.2) is 5.96 Å². The van der Waals surface area contributed by atoms with Gasteiger partial charge in [0, 0.05) is 12.6 Å². The molecule has 2 rings (SSSR count). The summed E-state index contributed by atoms with van der Waals surface area (Å²) >= 11 is 0. The van der Waals surface area contributed by atoms with Crippen LogP contribution >= 0.6 is 24.0 Å².